The number of nitrogens with zero attached hydrogens (tertiary/aromatic N) is 2. The number of ether oxygens (including phenoxy) is 2. The van der Waals surface area contributed by atoms with Gasteiger partial charge in [-0.25, -0.2) is 9.78 Å². The van der Waals surface area contributed by atoms with Crippen LogP contribution in [0.2, 0.25) is 0 Å². The number of hydrogen-bond donors (Lipinski definition) is 1. The number of amides is 1. The van der Waals surface area contributed by atoms with E-state index in [9.17, 15) is 9.59 Å². The summed E-state index contributed by atoms with van der Waals surface area (Å²) in [6.07, 6.45) is 2.01. The zero-order chi connectivity index (χ0) is 19.2. The second kappa shape index (κ2) is 8.41. The SMILES string of the molecule is COc1ccc(-c2csc(NC(=O)C(C)OC(=O)c3ccncc3)n2)cc1. The molecule has 0 aliphatic heterocycles. The molecule has 3 aromatic rings. The number of benzene rings is 1. The van der Waals surface area contributed by atoms with E-state index in [0.717, 1.165) is 17.0 Å². The highest BCUT2D eigenvalue weighted by atomic mass is 32.1. The molecule has 0 fully saturated rings. The zero-order valence-corrected chi connectivity index (χ0v) is 15.5. The maximum absolute atomic E-state index is 12.3. The lowest BCUT2D eigenvalue weighted by atomic mass is 10.2. The van der Waals surface area contributed by atoms with Gasteiger partial charge in [0.15, 0.2) is 11.2 Å². The van der Waals surface area contributed by atoms with Crippen molar-refractivity contribution >= 4 is 28.3 Å². The first-order valence-electron chi connectivity index (χ1n) is 8.08. The highest BCUT2D eigenvalue weighted by Gasteiger charge is 2.20. The van der Waals surface area contributed by atoms with E-state index in [1.165, 1.54) is 42.8 Å². The van der Waals surface area contributed by atoms with Crippen molar-refractivity contribution in [1.29, 1.82) is 0 Å². The number of thiazole rings is 1. The van der Waals surface area contributed by atoms with Crippen molar-refractivity contribution < 1.29 is 19.1 Å². The molecular formula is C19H17N3O4S. The summed E-state index contributed by atoms with van der Waals surface area (Å²) in [4.78, 5) is 32.5. The Balaban J connectivity index is 1.60. The first-order chi connectivity index (χ1) is 13.1. The molecule has 1 aromatic carbocycles. The van der Waals surface area contributed by atoms with Crippen molar-refractivity contribution in [1.82, 2.24) is 9.97 Å². The van der Waals surface area contributed by atoms with Gasteiger partial charge in [0.1, 0.15) is 5.75 Å². The molecule has 7 nitrogen and oxygen atoms in total. The maximum Gasteiger partial charge on any atom is 0.339 e. The van der Waals surface area contributed by atoms with E-state index in [1.807, 2.05) is 29.6 Å². The third kappa shape index (κ3) is 4.68. The standard InChI is InChI=1S/C19H17N3O4S/c1-12(26-18(24)14-7-9-20-10-8-14)17(23)22-19-21-16(11-27-19)13-3-5-15(25-2)6-4-13/h3-12H,1-2H3,(H,21,22,23). The Morgan fingerprint density at radius 2 is 1.81 bits per heavy atom. The number of esters is 1. The molecule has 27 heavy (non-hydrogen) atoms. The fraction of sp³-hybridized carbons (Fsp3) is 0.158. The van der Waals surface area contributed by atoms with Crippen molar-refractivity contribution in [2.24, 2.45) is 0 Å². The molecule has 0 saturated heterocycles. The molecule has 138 valence electrons. The predicted molar refractivity (Wildman–Crippen MR) is 102 cm³/mol. The molecule has 0 spiro atoms. The van der Waals surface area contributed by atoms with Gasteiger partial charge in [0.05, 0.1) is 18.4 Å². The maximum atomic E-state index is 12.3. The second-order valence-electron chi connectivity index (χ2n) is 5.54. The molecule has 1 atom stereocenters. The van der Waals surface area contributed by atoms with Crippen LogP contribution in [0.4, 0.5) is 5.13 Å². The third-order valence-electron chi connectivity index (χ3n) is 3.69. The molecule has 0 saturated carbocycles. The summed E-state index contributed by atoms with van der Waals surface area (Å²) in [6, 6.07) is 10.5. The third-order valence-corrected chi connectivity index (χ3v) is 4.45. The number of carbonyl (C=O) groups excluding carboxylic acids is 2. The Morgan fingerprint density at radius 1 is 1.11 bits per heavy atom. The van der Waals surface area contributed by atoms with Crippen molar-refractivity contribution in [2.45, 2.75) is 13.0 Å². The average molecular weight is 383 g/mol. The zero-order valence-electron chi connectivity index (χ0n) is 14.7. The Morgan fingerprint density at radius 3 is 2.48 bits per heavy atom. The molecular weight excluding hydrogens is 366 g/mol. The number of pyridine rings is 1. The molecule has 1 amide bonds. The van der Waals surface area contributed by atoms with Crippen molar-refractivity contribution in [3.63, 3.8) is 0 Å². The Labute approximate surface area is 160 Å². The predicted octanol–water partition coefficient (Wildman–Crippen LogP) is 3.40. The number of hydrogen-bond acceptors (Lipinski definition) is 7. The minimum absolute atomic E-state index is 0.334. The van der Waals surface area contributed by atoms with Crippen LogP contribution < -0.4 is 10.1 Å². The summed E-state index contributed by atoms with van der Waals surface area (Å²) >= 11 is 1.29. The van der Waals surface area contributed by atoms with Crippen LogP contribution in [0.1, 0.15) is 17.3 Å². The van der Waals surface area contributed by atoms with Crippen LogP contribution in [0.15, 0.2) is 54.2 Å². The van der Waals surface area contributed by atoms with Gasteiger partial charge in [-0.1, -0.05) is 0 Å². The lowest BCUT2D eigenvalue weighted by molar-refractivity contribution is -0.123. The number of methoxy groups -OCH3 is 1. The van der Waals surface area contributed by atoms with E-state index in [4.69, 9.17) is 9.47 Å². The molecule has 3 rings (SSSR count). The molecule has 0 bridgehead atoms. The smallest absolute Gasteiger partial charge is 0.339 e. The molecule has 0 aliphatic carbocycles. The van der Waals surface area contributed by atoms with E-state index >= 15 is 0 Å². The monoisotopic (exact) mass is 383 g/mol. The van der Waals surface area contributed by atoms with Gasteiger partial charge in [-0.3, -0.25) is 15.1 Å². The Hall–Kier alpha value is -3.26. The highest BCUT2D eigenvalue weighted by molar-refractivity contribution is 7.14. The van der Waals surface area contributed by atoms with Crippen LogP contribution >= 0.6 is 11.3 Å². The van der Waals surface area contributed by atoms with E-state index in [2.05, 4.69) is 15.3 Å². The summed E-state index contributed by atoms with van der Waals surface area (Å²) in [6.45, 7) is 1.51. The number of aromatic nitrogens is 2. The van der Waals surface area contributed by atoms with Gasteiger partial charge >= 0.3 is 5.97 Å². The van der Waals surface area contributed by atoms with Crippen LogP contribution in [0.5, 0.6) is 5.75 Å². The molecule has 2 aromatic heterocycles. The first kappa shape index (κ1) is 18.5. The Bertz CT molecular complexity index is 926. The lowest BCUT2D eigenvalue weighted by Gasteiger charge is -2.12. The van der Waals surface area contributed by atoms with E-state index < -0.39 is 18.0 Å². The largest absolute Gasteiger partial charge is 0.497 e. The normalized spacial score (nSPS) is 11.5. The number of rotatable bonds is 6. The second-order valence-corrected chi connectivity index (χ2v) is 6.40. The molecule has 0 radical (unpaired) electrons. The van der Waals surface area contributed by atoms with Crippen molar-refractivity contribution in [3.8, 4) is 17.0 Å². The van der Waals surface area contributed by atoms with Gasteiger partial charge in [0.2, 0.25) is 0 Å². The number of carbonyl (C=O) groups is 2. The quantitative estimate of drug-likeness (QED) is 0.656. The summed E-state index contributed by atoms with van der Waals surface area (Å²) in [5, 5.41) is 4.93. The number of anilines is 1. The average Bonchev–Trinajstić information content (AvgIpc) is 3.17. The van der Waals surface area contributed by atoms with Crippen LogP contribution in [0.25, 0.3) is 11.3 Å². The van der Waals surface area contributed by atoms with Crippen LogP contribution in [0, 0.1) is 0 Å². The van der Waals surface area contributed by atoms with Crippen molar-refractivity contribution in [3.05, 3.63) is 59.7 Å². The minimum Gasteiger partial charge on any atom is -0.497 e. The molecule has 8 heteroatoms. The fourth-order valence-electron chi connectivity index (χ4n) is 2.20. The van der Waals surface area contributed by atoms with E-state index in [1.54, 1.807) is 7.11 Å². The minimum atomic E-state index is -0.959. The highest BCUT2D eigenvalue weighted by Crippen LogP contribution is 2.26. The topological polar surface area (TPSA) is 90.4 Å². The van der Waals surface area contributed by atoms with Gasteiger partial charge in [-0.2, -0.15) is 0 Å². The first-order valence-corrected chi connectivity index (χ1v) is 8.96. The van der Waals surface area contributed by atoms with Crippen molar-refractivity contribution in [2.75, 3.05) is 12.4 Å². The van der Waals surface area contributed by atoms with Crippen LogP contribution in [0.3, 0.4) is 0 Å². The van der Waals surface area contributed by atoms with Gasteiger partial charge in [0.25, 0.3) is 5.91 Å². The number of nitrogens with one attached hydrogen (secondary N) is 1. The molecule has 0 aliphatic rings. The fourth-order valence-corrected chi connectivity index (χ4v) is 2.93. The summed E-state index contributed by atoms with van der Waals surface area (Å²) in [5.41, 5.74) is 1.98. The van der Waals surface area contributed by atoms with E-state index in [0.29, 0.717) is 10.7 Å². The summed E-state index contributed by atoms with van der Waals surface area (Å²) < 4.78 is 10.3. The summed E-state index contributed by atoms with van der Waals surface area (Å²) in [7, 11) is 1.61. The van der Waals surface area contributed by atoms with Crippen LogP contribution in [-0.4, -0.2) is 35.1 Å². The molecule has 1 N–H and O–H groups in total. The van der Waals surface area contributed by atoms with Gasteiger partial charge in [-0.05, 0) is 43.3 Å². The lowest BCUT2D eigenvalue weighted by Crippen LogP contribution is -2.29. The van der Waals surface area contributed by atoms with Crippen LogP contribution in [-0.2, 0) is 9.53 Å². The van der Waals surface area contributed by atoms with Gasteiger partial charge < -0.3 is 9.47 Å². The molecule has 1 unspecified atom stereocenters. The van der Waals surface area contributed by atoms with Gasteiger partial charge in [0, 0.05) is 23.3 Å². The van der Waals surface area contributed by atoms with E-state index in [-0.39, 0.29) is 0 Å². The van der Waals surface area contributed by atoms with Gasteiger partial charge in [-0.15, -0.1) is 11.3 Å². The Kier molecular flexibility index (Phi) is 5.77. The summed E-state index contributed by atoms with van der Waals surface area (Å²) in [5.74, 6) is -0.279. The molecule has 2 heterocycles.